The summed E-state index contributed by atoms with van der Waals surface area (Å²) in [6.45, 7) is 2.88. The largest absolute Gasteiger partial charge is 0.494 e. The number of ether oxygens (including phenoxy) is 3. The highest BCUT2D eigenvalue weighted by atomic mass is 32.1. The Kier molecular flexibility index (Phi) is 6.70. The zero-order chi connectivity index (χ0) is 22.5. The van der Waals surface area contributed by atoms with E-state index in [2.05, 4.69) is 17.0 Å². The highest BCUT2D eigenvalue weighted by Gasteiger charge is 2.13. The maximum Gasteiger partial charge on any atom is 0.291 e. The van der Waals surface area contributed by atoms with Crippen molar-refractivity contribution in [2.45, 2.75) is 26.2 Å². The summed E-state index contributed by atoms with van der Waals surface area (Å²) in [4.78, 5) is 18.0. The van der Waals surface area contributed by atoms with Gasteiger partial charge in [0, 0.05) is 11.1 Å². The first kappa shape index (κ1) is 21.8. The maximum absolute atomic E-state index is 12.9. The van der Waals surface area contributed by atoms with E-state index in [4.69, 9.17) is 14.2 Å². The molecule has 0 radical (unpaired) electrons. The number of para-hydroxylation sites is 1. The second-order valence-electron chi connectivity index (χ2n) is 7.21. The minimum absolute atomic E-state index is 0.218. The molecule has 8 heteroatoms. The highest BCUT2D eigenvalue weighted by Crippen LogP contribution is 2.31. The van der Waals surface area contributed by atoms with Crippen molar-refractivity contribution in [2.75, 3.05) is 20.8 Å². The van der Waals surface area contributed by atoms with Crippen LogP contribution in [-0.4, -0.2) is 35.4 Å². The summed E-state index contributed by atoms with van der Waals surface area (Å²) in [5.41, 5.74) is 1.37. The van der Waals surface area contributed by atoms with E-state index in [1.807, 2.05) is 42.5 Å². The van der Waals surface area contributed by atoms with Gasteiger partial charge < -0.3 is 14.2 Å². The Morgan fingerprint density at radius 2 is 1.88 bits per heavy atom. The van der Waals surface area contributed by atoms with E-state index in [0.717, 1.165) is 29.7 Å². The molecule has 0 bridgehead atoms. The van der Waals surface area contributed by atoms with Crippen LogP contribution in [0.3, 0.4) is 0 Å². The van der Waals surface area contributed by atoms with Crippen LogP contribution in [0, 0.1) is 0 Å². The van der Waals surface area contributed by atoms with Gasteiger partial charge in [-0.15, -0.1) is 5.10 Å². The van der Waals surface area contributed by atoms with Gasteiger partial charge in [-0.05, 0) is 42.8 Å². The van der Waals surface area contributed by atoms with Gasteiger partial charge in [-0.25, -0.2) is 0 Å². The number of hydrogen-bond donors (Lipinski definition) is 0. The molecule has 0 aliphatic carbocycles. The summed E-state index contributed by atoms with van der Waals surface area (Å²) in [5, 5.41) is 4.42. The fourth-order valence-corrected chi connectivity index (χ4v) is 4.26. The molecule has 0 unspecified atom stereocenters. The van der Waals surface area contributed by atoms with Crippen LogP contribution in [0.4, 0.5) is 0 Å². The van der Waals surface area contributed by atoms with E-state index >= 15 is 0 Å². The first-order chi connectivity index (χ1) is 15.6. The van der Waals surface area contributed by atoms with Crippen molar-refractivity contribution < 1.29 is 14.2 Å². The quantitative estimate of drug-likeness (QED) is 0.359. The van der Waals surface area contributed by atoms with Gasteiger partial charge in [0.1, 0.15) is 5.75 Å². The Morgan fingerprint density at radius 1 is 1.06 bits per heavy atom. The summed E-state index contributed by atoms with van der Waals surface area (Å²) in [6.07, 6.45) is 5.15. The molecule has 0 aliphatic heterocycles. The number of unbranched alkanes of at least 4 members (excludes halogenated alkanes) is 2. The SMILES string of the molecule is CCCCCOc1ccc(-c2nc3s/c(=C\c4cccc(OC)c4OC)c(=O)n3n2)cc1. The molecule has 0 spiro atoms. The molecular formula is C24H25N3O4S. The summed E-state index contributed by atoms with van der Waals surface area (Å²) in [6, 6.07) is 13.2. The zero-order valence-corrected chi connectivity index (χ0v) is 19.1. The van der Waals surface area contributed by atoms with Crippen LogP contribution in [0.1, 0.15) is 31.7 Å². The molecule has 166 valence electrons. The molecule has 0 aliphatic rings. The molecule has 0 atom stereocenters. The number of thiazole rings is 1. The van der Waals surface area contributed by atoms with Gasteiger partial charge in [0.05, 0.1) is 25.4 Å². The number of benzene rings is 2. The van der Waals surface area contributed by atoms with Crippen LogP contribution in [-0.2, 0) is 0 Å². The van der Waals surface area contributed by atoms with Crippen LogP contribution < -0.4 is 24.3 Å². The molecular weight excluding hydrogens is 426 g/mol. The molecule has 0 saturated heterocycles. The predicted octanol–water partition coefficient (Wildman–Crippen LogP) is 3.95. The van der Waals surface area contributed by atoms with Crippen LogP contribution in [0.15, 0.2) is 47.3 Å². The number of aromatic nitrogens is 3. The van der Waals surface area contributed by atoms with Gasteiger partial charge in [-0.3, -0.25) is 4.79 Å². The van der Waals surface area contributed by atoms with Crippen molar-refractivity contribution in [1.29, 1.82) is 0 Å². The minimum atomic E-state index is -0.218. The summed E-state index contributed by atoms with van der Waals surface area (Å²) in [5.74, 6) is 2.51. The van der Waals surface area contributed by atoms with E-state index < -0.39 is 0 Å². The van der Waals surface area contributed by atoms with Crippen molar-refractivity contribution in [2.24, 2.45) is 0 Å². The Balaban J connectivity index is 1.60. The molecule has 4 aromatic rings. The normalized spacial score (nSPS) is 11.8. The molecule has 0 fully saturated rings. The average molecular weight is 452 g/mol. The lowest BCUT2D eigenvalue weighted by Gasteiger charge is -2.09. The molecule has 0 saturated carbocycles. The summed E-state index contributed by atoms with van der Waals surface area (Å²) >= 11 is 1.29. The molecule has 4 rings (SSSR count). The average Bonchev–Trinajstić information content (AvgIpc) is 3.36. The second kappa shape index (κ2) is 9.82. The Morgan fingerprint density at radius 3 is 2.56 bits per heavy atom. The summed E-state index contributed by atoms with van der Waals surface area (Å²) in [7, 11) is 3.15. The second-order valence-corrected chi connectivity index (χ2v) is 8.22. The molecule has 0 amide bonds. The third-order valence-electron chi connectivity index (χ3n) is 5.03. The smallest absolute Gasteiger partial charge is 0.291 e. The van der Waals surface area contributed by atoms with Gasteiger partial charge in [-0.2, -0.15) is 9.50 Å². The van der Waals surface area contributed by atoms with E-state index in [1.165, 1.54) is 22.3 Å². The van der Waals surface area contributed by atoms with Crippen molar-refractivity contribution in [3.05, 3.63) is 62.9 Å². The monoisotopic (exact) mass is 451 g/mol. The third kappa shape index (κ3) is 4.45. The number of nitrogens with zero attached hydrogens (tertiary/aromatic N) is 3. The van der Waals surface area contributed by atoms with E-state index in [-0.39, 0.29) is 5.56 Å². The van der Waals surface area contributed by atoms with Crippen molar-refractivity contribution in [3.63, 3.8) is 0 Å². The molecule has 2 aromatic heterocycles. The highest BCUT2D eigenvalue weighted by molar-refractivity contribution is 7.15. The topological polar surface area (TPSA) is 75.0 Å². The first-order valence-electron chi connectivity index (χ1n) is 10.5. The Hall–Kier alpha value is -3.39. The summed E-state index contributed by atoms with van der Waals surface area (Å²) < 4.78 is 18.4. The van der Waals surface area contributed by atoms with E-state index in [9.17, 15) is 4.79 Å². The third-order valence-corrected chi connectivity index (χ3v) is 5.99. The fourth-order valence-electron chi connectivity index (χ4n) is 3.37. The van der Waals surface area contributed by atoms with Gasteiger partial charge in [0.25, 0.3) is 5.56 Å². The lowest BCUT2D eigenvalue weighted by molar-refractivity contribution is 0.306. The molecule has 0 N–H and O–H groups in total. The molecule has 32 heavy (non-hydrogen) atoms. The maximum atomic E-state index is 12.9. The molecule has 7 nitrogen and oxygen atoms in total. The standard InChI is InChI=1S/C24H25N3O4S/c1-4-5-6-14-31-18-12-10-16(11-13-18)22-25-24-27(26-22)23(28)20(32-24)15-17-8-7-9-19(29-2)21(17)30-3/h7-13,15H,4-6,14H2,1-3H3/b20-15-. The Bertz CT molecular complexity index is 1310. The lowest BCUT2D eigenvalue weighted by Crippen LogP contribution is -2.23. The zero-order valence-electron chi connectivity index (χ0n) is 18.3. The number of methoxy groups -OCH3 is 2. The van der Waals surface area contributed by atoms with Gasteiger partial charge in [-0.1, -0.05) is 43.2 Å². The number of fused-ring (bicyclic) bond motifs is 1. The van der Waals surface area contributed by atoms with Crippen LogP contribution in [0.25, 0.3) is 22.4 Å². The van der Waals surface area contributed by atoms with Gasteiger partial charge in [0.2, 0.25) is 4.96 Å². The van der Waals surface area contributed by atoms with Crippen LogP contribution in [0.2, 0.25) is 0 Å². The lowest BCUT2D eigenvalue weighted by atomic mass is 10.2. The van der Waals surface area contributed by atoms with Crippen LogP contribution >= 0.6 is 11.3 Å². The van der Waals surface area contributed by atoms with Crippen molar-refractivity contribution in [1.82, 2.24) is 14.6 Å². The van der Waals surface area contributed by atoms with E-state index in [1.54, 1.807) is 20.3 Å². The molecule has 2 heterocycles. The number of rotatable bonds is 9. The first-order valence-corrected chi connectivity index (χ1v) is 11.3. The molecule has 2 aromatic carbocycles. The van der Waals surface area contributed by atoms with Crippen molar-refractivity contribution in [3.8, 4) is 28.6 Å². The predicted molar refractivity (Wildman–Crippen MR) is 126 cm³/mol. The Labute approximate surface area is 189 Å². The van der Waals surface area contributed by atoms with Gasteiger partial charge >= 0.3 is 0 Å². The van der Waals surface area contributed by atoms with E-state index in [0.29, 0.717) is 33.4 Å². The van der Waals surface area contributed by atoms with Crippen molar-refractivity contribution >= 4 is 22.4 Å². The van der Waals surface area contributed by atoms with Crippen LogP contribution in [0.5, 0.6) is 17.2 Å². The van der Waals surface area contributed by atoms with Gasteiger partial charge in [0.15, 0.2) is 17.3 Å². The number of hydrogen-bond acceptors (Lipinski definition) is 7. The minimum Gasteiger partial charge on any atom is -0.494 e. The fraction of sp³-hybridized carbons (Fsp3) is 0.292.